The molecule has 3 aromatic rings. The van der Waals surface area contributed by atoms with Gasteiger partial charge in [0, 0.05) is 12.7 Å². The number of fused-ring (bicyclic) bond motifs is 1. The summed E-state index contributed by atoms with van der Waals surface area (Å²) in [5.41, 5.74) is 3.82. The summed E-state index contributed by atoms with van der Waals surface area (Å²) in [6, 6.07) is 6.03. The molecule has 0 bridgehead atoms. The maximum Gasteiger partial charge on any atom is 0.150 e. The molecule has 1 aromatic carbocycles. The van der Waals surface area contributed by atoms with Gasteiger partial charge in [0.1, 0.15) is 22.4 Å². The number of anilines is 3. The Hall–Kier alpha value is -1.73. The minimum absolute atomic E-state index is 0.725. The molecule has 2 heterocycles. The fourth-order valence-corrected chi connectivity index (χ4v) is 2.92. The van der Waals surface area contributed by atoms with Gasteiger partial charge in [-0.2, -0.15) is 0 Å². The lowest BCUT2D eigenvalue weighted by molar-refractivity contribution is 1.14. The van der Waals surface area contributed by atoms with Crippen LogP contribution in [-0.2, 0) is 0 Å². The standard InChI is InChI=1S/C12H10BrN5S/c1-14-11-10(13)12(16-5-15-11)18-7-2-3-8-9(4-7)19-6-17-8/h2-6H,1H3,(H2,14,15,16,18). The molecule has 0 fully saturated rings. The molecule has 0 unspecified atom stereocenters. The van der Waals surface area contributed by atoms with Gasteiger partial charge in [-0.1, -0.05) is 0 Å². The highest BCUT2D eigenvalue weighted by molar-refractivity contribution is 9.10. The fraction of sp³-hybridized carbons (Fsp3) is 0.0833. The van der Waals surface area contributed by atoms with Crippen molar-refractivity contribution in [2.45, 2.75) is 0 Å². The number of benzene rings is 1. The third-order valence-electron chi connectivity index (χ3n) is 2.62. The summed E-state index contributed by atoms with van der Waals surface area (Å²) in [7, 11) is 1.82. The van der Waals surface area contributed by atoms with Gasteiger partial charge in [0.05, 0.1) is 15.7 Å². The van der Waals surface area contributed by atoms with E-state index in [2.05, 4.69) is 47.6 Å². The molecule has 3 rings (SSSR count). The van der Waals surface area contributed by atoms with Crippen LogP contribution in [0.5, 0.6) is 0 Å². The first-order chi connectivity index (χ1) is 9.28. The van der Waals surface area contributed by atoms with Crippen LogP contribution in [0, 0.1) is 0 Å². The van der Waals surface area contributed by atoms with Gasteiger partial charge in [-0.15, -0.1) is 11.3 Å². The zero-order chi connectivity index (χ0) is 13.2. The maximum absolute atomic E-state index is 4.26. The number of rotatable bonds is 3. The molecule has 5 nitrogen and oxygen atoms in total. The van der Waals surface area contributed by atoms with Gasteiger partial charge >= 0.3 is 0 Å². The van der Waals surface area contributed by atoms with Crippen LogP contribution in [0.4, 0.5) is 17.3 Å². The van der Waals surface area contributed by atoms with Gasteiger partial charge < -0.3 is 10.6 Å². The van der Waals surface area contributed by atoms with Crippen molar-refractivity contribution < 1.29 is 0 Å². The topological polar surface area (TPSA) is 62.7 Å². The van der Waals surface area contributed by atoms with Gasteiger partial charge in [0.15, 0.2) is 0 Å². The lowest BCUT2D eigenvalue weighted by Crippen LogP contribution is -2.00. The molecule has 0 saturated carbocycles. The predicted octanol–water partition coefficient (Wildman–Crippen LogP) is 3.63. The smallest absolute Gasteiger partial charge is 0.150 e. The van der Waals surface area contributed by atoms with E-state index in [1.54, 1.807) is 11.3 Å². The molecule has 0 spiro atoms. The molecule has 0 aliphatic rings. The second-order valence-electron chi connectivity index (χ2n) is 3.79. The summed E-state index contributed by atoms with van der Waals surface area (Å²) < 4.78 is 1.95. The quantitative estimate of drug-likeness (QED) is 0.765. The van der Waals surface area contributed by atoms with Crippen molar-refractivity contribution in [3.8, 4) is 0 Å². The Bertz CT molecular complexity index is 727. The minimum Gasteiger partial charge on any atom is -0.372 e. The van der Waals surface area contributed by atoms with Gasteiger partial charge in [0.2, 0.25) is 0 Å². The molecule has 0 atom stereocenters. The van der Waals surface area contributed by atoms with Crippen LogP contribution in [0.25, 0.3) is 10.2 Å². The normalized spacial score (nSPS) is 10.6. The number of halogens is 1. The lowest BCUT2D eigenvalue weighted by atomic mass is 10.3. The van der Waals surface area contributed by atoms with Crippen LogP contribution < -0.4 is 10.6 Å². The number of nitrogens with one attached hydrogen (secondary N) is 2. The molecule has 0 aliphatic carbocycles. The number of thiazole rings is 1. The van der Waals surface area contributed by atoms with E-state index < -0.39 is 0 Å². The zero-order valence-electron chi connectivity index (χ0n) is 10.0. The highest BCUT2D eigenvalue weighted by Crippen LogP contribution is 2.30. The van der Waals surface area contributed by atoms with E-state index in [9.17, 15) is 0 Å². The Morgan fingerprint density at radius 2 is 2.00 bits per heavy atom. The predicted molar refractivity (Wildman–Crippen MR) is 82.2 cm³/mol. The first-order valence-electron chi connectivity index (χ1n) is 5.56. The van der Waals surface area contributed by atoms with E-state index in [4.69, 9.17) is 0 Å². The van der Waals surface area contributed by atoms with Crippen molar-refractivity contribution in [2.24, 2.45) is 0 Å². The monoisotopic (exact) mass is 335 g/mol. The first kappa shape index (κ1) is 12.3. The Labute approximate surface area is 122 Å². The Morgan fingerprint density at radius 1 is 1.16 bits per heavy atom. The van der Waals surface area contributed by atoms with Gasteiger partial charge in [-0.25, -0.2) is 15.0 Å². The first-order valence-corrected chi connectivity index (χ1v) is 7.23. The SMILES string of the molecule is CNc1ncnc(Nc2ccc3ncsc3c2)c1Br. The van der Waals surface area contributed by atoms with Gasteiger partial charge in [0.25, 0.3) is 0 Å². The molecule has 7 heteroatoms. The number of nitrogens with zero attached hydrogens (tertiary/aromatic N) is 3. The summed E-state index contributed by atoms with van der Waals surface area (Å²) >= 11 is 5.10. The van der Waals surface area contributed by atoms with Crippen molar-refractivity contribution in [3.05, 3.63) is 34.5 Å². The largest absolute Gasteiger partial charge is 0.372 e. The van der Waals surface area contributed by atoms with Crippen molar-refractivity contribution in [3.63, 3.8) is 0 Å². The van der Waals surface area contributed by atoms with Crippen LogP contribution in [0.2, 0.25) is 0 Å². The molecule has 96 valence electrons. The Balaban J connectivity index is 1.96. The van der Waals surface area contributed by atoms with E-state index in [1.807, 2.05) is 24.7 Å². The van der Waals surface area contributed by atoms with Crippen LogP contribution in [0.3, 0.4) is 0 Å². The Kier molecular flexibility index (Phi) is 3.31. The Morgan fingerprint density at radius 3 is 2.84 bits per heavy atom. The third-order valence-corrected chi connectivity index (χ3v) is 4.16. The second-order valence-corrected chi connectivity index (χ2v) is 5.47. The van der Waals surface area contributed by atoms with Gasteiger partial charge in [-0.3, -0.25) is 0 Å². The molecule has 0 saturated heterocycles. The van der Waals surface area contributed by atoms with Crippen molar-refractivity contribution in [2.75, 3.05) is 17.7 Å². The van der Waals surface area contributed by atoms with Crippen molar-refractivity contribution in [1.29, 1.82) is 0 Å². The molecule has 19 heavy (non-hydrogen) atoms. The summed E-state index contributed by atoms with van der Waals surface area (Å²) in [4.78, 5) is 12.6. The summed E-state index contributed by atoms with van der Waals surface area (Å²) in [5, 5.41) is 6.27. The van der Waals surface area contributed by atoms with Crippen molar-refractivity contribution in [1.82, 2.24) is 15.0 Å². The molecule has 2 aromatic heterocycles. The second kappa shape index (κ2) is 5.10. The minimum atomic E-state index is 0.725. The molecular formula is C12H10BrN5S. The average molecular weight is 336 g/mol. The molecule has 2 N–H and O–H groups in total. The van der Waals surface area contributed by atoms with Crippen LogP contribution >= 0.6 is 27.3 Å². The van der Waals surface area contributed by atoms with Crippen LogP contribution in [0.15, 0.2) is 34.5 Å². The van der Waals surface area contributed by atoms with E-state index in [0.717, 1.165) is 32.0 Å². The van der Waals surface area contributed by atoms with Crippen molar-refractivity contribution >= 4 is 54.8 Å². The van der Waals surface area contributed by atoms with Gasteiger partial charge in [-0.05, 0) is 34.1 Å². The van der Waals surface area contributed by atoms with E-state index >= 15 is 0 Å². The molecule has 0 radical (unpaired) electrons. The lowest BCUT2D eigenvalue weighted by Gasteiger charge is -2.09. The maximum atomic E-state index is 4.26. The average Bonchev–Trinajstić information content (AvgIpc) is 2.88. The number of hydrogen-bond donors (Lipinski definition) is 2. The highest BCUT2D eigenvalue weighted by Gasteiger charge is 2.08. The molecule has 0 amide bonds. The molecule has 0 aliphatic heterocycles. The number of hydrogen-bond acceptors (Lipinski definition) is 6. The van der Waals surface area contributed by atoms with E-state index in [1.165, 1.54) is 6.33 Å². The third kappa shape index (κ3) is 2.39. The fourth-order valence-electron chi connectivity index (χ4n) is 1.70. The number of aromatic nitrogens is 3. The van der Waals surface area contributed by atoms with E-state index in [-0.39, 0.29) is 0 Å². The summed E-state index contributed by atoms with van der Waals surface area (Å²) in [5.74, 6) is 1.47. The van der Waals surface area contributed by atoms with Crippen LogP contribution in [-0.4, -0.2) is 22.0 Å². The zero-order valence-corrected chi connectivity index (χ0v) is 12.4. The van der Waals surface area contributed by atoms with E-state index in [0.29, 0.717) is 0 Å². The summed E-state index contributed by atoms with van der Waals surface area (Å²) in [6.45, 7) is 0. The molecular weight excluding hydrogens is 326 g/mol. The summed E-state index contributed by atoms with van der Waals surface area (Å²) in [6.07, 6.45) is 1.52. The van der Waals surface area contributed by atoms with Crippen LogP contribution in [0.1, 0.15) is 0 Å². The highest BCUT2D eigenvalue weighted by atomic mass is 79.9.